The van der Waals surface area contributed by atoms with Crippen LogP contribution in [0.15, 0.2) is 12.1 Å². The molecular weight excluding hydrogens is 232 g/mol. The van der Waals surface area contributed by atoms with E-state index in [9.17, 15) is 4.79 Å². The van der Waals surface area contributed by atoms with Gasteiger partial charge in [-0.1, -0.05) is 0 Å². The van der Waals surface area contributed by atoms with Crippen LogP contribution in [0, 0.1) is 6.92 Å². The predicted octanol–water partition coefficient (Wildman–Crippen LogP) is 1.95. The van der Waals surface area contributed by atoms with Crippen molar-refractivity contribution in [3.63, 3.8) is 0 Å². The lowest BCUT2D eigenvalue weighted by atomic mass is 10.2. The number of rotatable bonds is 6. The Morgan fingerprint density at radius 2 is 2.17 bits per heavy atom. The van der Waals surface area contributed by atoms with Gasteiger partial charge in [0, 0.05) is 19.3 Å². The molecule has 0 unspecified atom stereocenters. The van der Waals surface area contributed by atoms with E-state index in [2.05, 4.69) is 4.98 Å². The normalized spacial score (nSPS) is 10.7. The lowest BCUT2D eigenvalue weighted by molar-refractivity contribution is 0.0695. The van der Waals surface area contributed by atoms with Crippen molar-refractivity contribution in [2.24, 2.45) is 0 Å². The summed E-state index contributed by atoms with van der Waals surface area (Å²) in [5.74, 6) is -0.482. The first-order valence-electron chi connectivity index (χ1n) is 5.95. The Hall–Kier alpha value is -1.62. The van der Waals surface area contributed by atoms with Crippen LogP contribution in [-0.2, 0) is 4.74 Å². The van der Waals surface area contributed by atoms with Crippen molar-refractivity contribution < 1.29 is 14.6 Å². The monoisotopic (exact) mass is 252 g/mol. The van der Waals surface area contributed by atoms with Gasteiger partial charge in [0.1, 0.15) is 11.4 Å². The summed E-state index contributed by atoms with van der Waals surface area (Å²) in [4.78, 5) is 17.2. The van der Waals surface area contributed by atoms with E-state index in [1.54, 1.807) is 17.0 Å². The van der Waals surface area contributed by atoms with E-state index in [1.807, 2.05) is 27.8 Å². The van der Waals surface area contributed by atoms with E-state index in [0.717, 1.165) is 5.69 Å². The second-order valence-electron chi connectivity index (χ2n) is 4.47. The fraction of sp³-hybridized carbons (Fsp3) is 0.538. The fourth-order valence-electron chi connectivity index (χ4n) is 1.53. The molecule has 1 N–H and O–H groups in total. The van der Waals surface area contributed by atoms with Gasteiger partial charge < -0.3 is 14.7 Å². The number of nitrogens with zero attached hydrogens (tertiary/aromatic N) is 2. The van der Waals surface area contributed by atoms with Crippen LogP contribution < -0.4 is 4.90 Å². The van der Waals surface area contributed by atoms with Crippen molar-refractivity contribution in [1.82, 2.24) is 4.98 Å². The van der Waals surface area contributed by atoms with Crippen LogP contribution in [-0.4, -0.2) is 42.4 Å². The van der Waals surface area contributed by atoms with Crippen molar-refractivity contribution in [2.75, 3.05) is 25.1 Å². The number of aromatic nitrogens is 1. The highest BCUT2D eigenvalue weighted by atomic mass is 16.5. The molecule has 0 amide bonds. The Kier molecular flexibility index (Phi) is 5.09. The number of likely N-dealkylation sites (N-methyl/N-ethyl adjacent to an activating group) is 1. The minimum Gasteiger partial charge on any atom is -0.478 e. The topological polar surface area (TPSA) is 62.7 Å². The number of anilines is 1. The van der Waals surface area contributed by atoms with Gasteiger partial charge in [0.25, 0.3) is 0 Å². The van der Waals surface area contributed by atoms with Gasteiger partial charge in [-0.3, -0.25) is 0 Å². The first-order chi connectivity index (χ1) is 8.41. The Bertz CT molecular complexity index is 419. The summed E-state index contributed by atoms with van der Waals surface area (Å²) in [5.41, 5.74) is 1.01. The largest absolute Gasteiger partial charge is 0.478 e. The summed E-state index contributed by atoms with van der Waals surface area (Å²) < 4.78 is 5.45. The second kappa shape index (κ2) is 6.35. The molecule has 0 aliphatic carbocycles. The van der Waals surface area contributed by atoms with Gasteiger partial charge in [0.05, 0.1) is 12.7 Å². The summed E-state index contributed by atoms with van der Waals surface area (Å²) in [6.07, 6.45) is 0.169. The lowest BCUT2D eigenvalue weighted by Crippen LogP contribution is -2.26. The van der Waals surface area contributed by atoms with Crippen LogP contribution in [0.25, 0.3) is 0 Å². The Labute approximate surface area is 107 Å². The first kappa shape index (κ1) is 14.4. The molecule has 0 fully saturated rings. The van der Waals surface area contributed by atoms with Gasteiger partial charge in [0.2, 0.25) is 0 Å². The molecule has 0 saturated heterocycles. The molecule has 1 rings (SSSR count). The second-order valence-corrected chi connectivity index (χ2v) is 4.47. The average molecular weight is 252 g/mol. The smallest absolute Gasteiger partial charge is 0.339 e. The SMILES string of the molecule is Cc1ccc(C(=O)O)c(N(C)CCOC(C)C)n1. The van der Waals surface area contributed by atoms with Crippen molar-refractivity contribution >= 4 is 11.8 Å². The van der Waals surface area contributed by atoms with E-state index in [0.29, 0.717) is 19.0 Å². The standard InChI is InChI=1S/C13H20N2O3/c1-9(2)18-8-7-15(4)12-11(13(16)17)6-5-10(3)14-12/h5-6,9H,7-8H2,1-4H3,(H,16,17). The molecule has 5 nitrogen and oxygen atoms in total. The average Bonchev–Trinajstić information content (AvgIpc) is 2.27. The molecule has 0 radical (unpaired) electrons. The molecule has 0 aromatic carbocycles. The van der Waals surface area contributed by atoms with Gasteiger partial charge >= 0.3 is 5.97 Å². The molecule has 0 saturated carbocycles. The van der Waals surface area contributed by atoms with Crippen molar-refractivity contribution in [3.8, 4) is 0 Å². The van der Waals surface area contributed by atoms with E-state index in [1.165, 1.54) is 0 Å². The number of carboxylic acid groups (broad SMARTS) is 1. The summed E-state index contributed by atoms with van der Waals surface area (Å²) in [7, 11) is 1.82. The van der Waals surface area contributed by atoms with E-state index < -0.39 is 5.97 Å². The van der Waals surface area contributed by atoms with Gasteiger partial charge in [-0.2, -0.15) is 0 Å². The molecule has 0 aliphatic rings. The van der Waals surface area contributed by atoms with Crippen LogP contribution in [0.2, 0.25) is 0 Å². The predicted molar refractivity (Wildman–Crippen MR) is 70.3 cm³/mol. The van der Waals surface area contributed by atoms with Crippen molar-refractivity contribution in [3.05, 3.63) is 23.4 Å². The Balaban J connectivity index is 2.80. The fourth-order valence-corrected chi connectivity index (χ4v) is 1.53. The van der Waals surface area contributed by atoms with Crippen LogP contribution in [0.5, 0.6) is 0 Å². The maximum absolute atomic E-state index is 11.1. The van der Waals surface area contributed by atoms with Gasteiger partial charge in [-0.05, 0) is 32.9 Å². The first-order valence-corrected chi connectivity index (χ1v) is 5.95. The highest BCUT2D eigenvalue weighted by molar-refractivity contribution is 5.93. The van der Waals surface area contributed by atoms with Crippen LogP contribution in [0.4, 0.5) is 5.82 Å². The summed E-state index contributed by atoms with van der Waals surface area (Å²) in [6.45, 7) is 6.92. The van der Waals surface area contributed by atoms with Gasteiger partial charge in [0.15, 0.2) is 0 Å². The number of hydrogen-bond acceptors (Lipinski definition) is 4. The highest BCUT2D eigenvalue weighted by Gasteiger charge is 2.15. The molecule has 18 heavy (non-hydrogen) atoms. The zero-order chi connectivity index (χ0) is 13.7. The molecular formula is C13H20N2O3. The van der Waals surface area contributed by atoms with Crippen LogP contribution in [0.1, 0.15) is 29.9 Å². The van der Waals surface area contributed by atoms with Gasteiger partial charge in [-0.25, -0.2) is 9.78 Å². The number of ether oxygens (including phenoxy) is 1. The quantitative estimate of drug-likeness (QED) is 0.838. The highest BCUT2D eigenvalue weighted by Crippen LogP contribution is 2.17. The molecule has 1 heterocycles. The van der Waals surface area contributed by atoms with E-state index >= 15 is 0 Å². The molecule has 1 aromatic heterocycles. The number of hydrogen-bond donors (Lipinski definition) is 1. The zero-order valence-corrected chi connectivity index (χ0v) is 11.3. The summed E-state index contributed by atoms with van der Waals surface area (Å²) >= 11 is 0. The molecule has 0 bridgehead atoms. The lowest BCUT2D eigenvalue weighted by Gasteiger charge is -2.21. The molecule has 1 aromatic rings. The zero-order valence-electron chi connectivity index (χ0n) is 11.3. The van der Waals surface area contributed by atoms with Crippen LogP contribution >= 0.6 is 0 Å². The van der Waals surface area contributed by atoms with E-state index in [-0.39, 0.29) is 11.7 Å². The molecule has 0 spiro atoms. The number of pyridine rings is 1. The summed E-state index contributed by atoms with van der Waals surface area (Å²) in [6, 6.07) is 3.28. The summed E-state index contributed by atoms with van der Waals surface area (Å²) in [5, 5.41) is 9.12. The number of carboxylic acids is 1. The number of aryl methyl sites for hydroxylation is 1. The number of aromatic carboxylic acids is 1. The third-order valence-corrected chi connectivity index (χ3v) is 2.48. The van der Waals surface area contributed by atoms with Crippen LogP contribution in [0.3, 0.4) is 0 Å². The molecule has 5 heteroatoms. The Morgan fingerprint density at radius 1 is 1.50 bits per heavy atom. The minimum absolute atomic E-state index is 0.169. The van der Waals surface area contributed by atoms with Crippen molar-refractivity contribution in [2.45, 2.75) is 26.9 Å². The Morgan fingerprint density at radius 3 is 2.72 bits per heavy atom. The maximum atomic E-state index is 11.1. The number of carbonyl (C=O) groups is 1. The third-order valence-electron chi connectivity index (χ3n) is 2.48. The molecule has 0 aliphatic heterocycles. The molecule has 0 atom stereocenters. The molecule has 100 valence electrons. The van der Waals surface area contributed by atoms with Crippen molar-refractivity contribution in [1.29, 1.82) is 0 Å². The maximum Gasteiger partial charge on any atom is 0.339 e. The third kappa shape index (κ3) is 4.00. The van der Waals surface area contributed by atoms with Gasteiger partial charge in [-0.15, -0.1) is 0 Å². The minimum atomic E-state index is -0.964. The van der Waals surface area contributed by atoms with E-state index in [4.69, 9.17) is 9.84 Å².